The molecule has 0 saturated carbocycles. The van der Waals surface area contributed by atoms with Crippen LogP contribution in [0.1, 0.15) is 0 Å². The van der Waals surface area contributed by atoms with Crippen molar-refractivity contribution in [1.82, 2.24) is 0 Å². The van der Waals surface area contributed by atoms with Gasteiger partial charge < -0.3 is 9.32 Å². The standard InChI is InChI=1S/C52H33NOS/c1-3-13-36(14-4-1)42-29-30-43(37-15-5-2-6-16-37)52-50(42)45-19-11-20-47(51(45)55-52)53(41-28-31-49-46(33-41)44-18-9-10-21-48(44)54-49)40-26-24-35(25-27-40)39-23-22-34-12-7-8-17-38(34)32-39/h1-33H. The molecule has 0 N–H and O–H groups in total. The molecule has 0 atom stereocenters. The topological polar surface area (TPSA) is 16.4 Å². The lowest BCUT2D eigenvalue weighted by atomic mass is 9.95. The Balaban J connectivity index is 1.15. The number of furan rings is 1. The average Bonchev–Trinajstić information content (AvgIpc) is 3.84. The summed E-state index contributed by atoms with van der Waals surface area (Å²) >= 11 is 1.89. The summed E-state index contributed by atoms with van der Waals surface area (Å²) in [6.07, 6.45) is 0. The Kier molecular flexibility index (Phi) is 7.39. The number of benzene rings is 9. The van der Waals surface area contributed by atoms with Gasteiger partial charge in [0, 0.05) is 37.6 Å². The van der Waals surface area contributed by atoms with Crippen LogP contribution in [0.3, 0.4) is 0 Å². The molecule has 0 aliphatic heterocycles. The van der Waals surface area contributed by atoms with Gasteiger partial charge in [-0.3, -0.25) is 0 Å². The van der Waals surface area contributed by atoms with Gasteiger partial charge in [0.1, 0.15) is 11.2 Å². The molecule has 0 aliphatic rings. The van der Waals surface area contributed by atoms with Crippen LogP contribution in [-0.4, -0.2) is 0 Å². The Morgan fingerprint density at radius 2 is 1.00 bits per heavy atom. The van der Waals surface area contributed by atoms with Crippen LogP contribution in [0.4, 0.5) is 17.1 Å². The molecule has 258 valence electrons. The highest BCUT2D eigenvalue weighted by Gasteiger charge is 2.22. The molecule has 0 saturated heterocycles. The van der Waals surface area contributed by atoms with E-state index in [9.17, 15) is 0 Å². The molecule has 0 amide bonds. The molecule has 0 spiro atoms. The van der Waals surface area contributed by atoms with Gasteiger partial charge >= 0.3 is 0 Å². The number of nitrogens with zero attached hydrogens (tertiary/aromatic N) is 1. The number of para-hydroxylation sites is 1. The Morgan fingerprint density at radius 3 is 1.82 bits per heavy atom. The number of hydrogen-bond donors (Lipinski definition) is 0. The van der Waals surface area contributed by atoms with Crippen molar-refractivity contribution in [3.63, 3.8) is 0 Å². The lowest BCUT2D eigenvalue weighted by molar-refractivity contribution is 0.669. The van der Waals surface area contributed by atoms with Gasteiger partial charge in [0.05, 0.1) is 10.4 Å². The average molecular weight is 720 g/mol. The van der Waals surface area contributed by atoms with Gasteiger partial charge in [-0.15, -0.1) is 11.3 Å². The van der Waals surface area contributed by atoms with Crippen LogP contribution in [0, 0.1) is 0 Å². The maximum Gasteiger partial charge on any atom is 0.135 e. The minimum absolute atomic E-state index is 0.886. The predicted octanol–water partition coefficient (Wildman–Crippen LogP) is 15.6. The molecule has 0 radical (unpaired) electrons. The molecule has 0 fully saturated rings. The van der Waals surface area contributed by atoms with E-state index in [1.54, 1.807) is 0 Å². The first-order valence-corrected chi connectivity index (χ1v) is 19.5. The zero-order valence-corrected chi connectivity index (χ0v) is 30.6. The van der Waals surface area contributed by atoms with Crippen LogP contribution < -0.4 is 4.90 Å². The lowest BCUT2D eigenvalue weighted by Gasteiger charge is -2.26. The number of hydrogen-bond acceptors (Lipinski definition) is 3. The molecule has 55 heavy (non-hydrogen) atoms. The Hall–Kier alpha value is -6.94. The van der Waals surface area contributed by atoms with Crippen LogP contribution in [0.2, 0.25) is 0 Å². The number of fused-ring (bicyclic) bond motifs is 7. The van der Waals surface area contributed by atoms with Gasteiger partial charge in [-0.25, -0.2) is 0 Å². The molecule has 2 heterocycles. The first-order valence-electron chi connectivity index (χ1n) is 18.7. The summed E-state index contributed by atoms with van der Waals surface area (Å²) in [5.74, 6) is 0. The summed E-state index contributed by atoms with van der Waals surface area (Å²) in [5, 5.41) is 7.25. The van der Waals surface area contributed by atoms with Gasteiger partial charge in [0.25, 0.3) is 0 Å². The fraction of sp³-hybridized carbons (Fsp3) is 0. The summed E-state index contributed by atoms with van der Waals surface area (Å²) in [7, 11) is 0. The Bertz CT molecular complexity index is 3190. The molecule has 0 unspecified atom stereocenters. The van der Waals surface area contributed by atoms with Crippen LogP contribution >= 0.6 is 11.3 Å². The van der Waals surface area contributed by atoms with Gasteiger partial charge in [-0.05, 0) is 92.7 Å². The smallest absolute Gasteiger partial charge is 0.135 e. The van der Waals surface area contributed by atoms with Crippen molar-refractivity contribution >= 4 is 81.3 Å². The lowest BCUT2D eigenvalue weighted by Crippen LogP contribution is -2.10. The highest BCUT2D eigenvalue weighted by Crippen LogP contribution is 2.50. The SMILES string of the molecule is c1ccc(-c2ccc(-c3ccccc3)c3c2sc2c(N(c4ccc(-c5ccc6ccccc6c5)cc4)c4ccc5oc6ccccc6c5c4)cccc23)cc1. The second-order valence-corrected chi connectivity index (χ2v) is 15.1. The maximum absolute atomic E-state index is 6.30. The molecular weight excluding hydrogens is 687 g/mol. The number of rotatable bonds is 6. The second-order valence-electron chi connectivity index (χ2n) is 14.1. The van der Waals surface area contributed by atoms with E-state index in [1.165, 1.54) is 64.3 Å². The predicted molar refractivity (Wildman–Crippen MR) is 235 cm³/mol. The van der Waals surface area contributed by atoms with E-state index < -0.39 is 0 Å². The fourth-order valence-corrected chi connectivity index (χ4v) is 9.58. The molecule has 2 aromatic heterocycles. The molecule has 9 aromatic carbocycles. The van der Waals surface area contributed by atoms with E-state index in [4.69, 9.17) is 4.42 Å². The van der Waals surface area contributed by atoms with Crippen molar-refractivity contribution in [3.05, 3.63) is 200 Å². The van der Waals surface area contributed by atoms with Crippen molar-refractivity contribution in [1.29, 1.82) is 0 Å². The van der Waals surface area contributed by atoms with Crippen molar-refractivity contribution in [2.45, 2.75) is 0 Å². The third-order valence-electron chi connectivity index (χ3n) is 10.9. The first kappa shape index (κ1) is 31.6. The molecule has 11 rings (SSSR count). The normalized spacial score (nSPS) is 11.6. The van der Waals surface area contributed by atoms with Gasteiger partial charge in [0.2, 0.25) is 0 Å². The summed E-state index contributed by atoms with van der Waals surface area (Å²) in [5.41, 5.74) is 12.4. The minimum atomic E-state index is 0.886. The van der Waals surface area contributed by atoms with Crippen molar-refractivity contribution < 1.29 is 4.42 Å². The zero-order chi connectivity index (χ0) is 36.3. The Labute approximate surface area is 322 Å². The van der Waals surface area contributed by atoms with E-state index in [0.717, 1.165) is 39.0 Å². The molecule has 3 heteroatoms. The first-order chi connectivity index (χ1) is 27.3. The zero-order valence-electron chi connectivity index (χ0n) is 29.8. The third-order valence-corrected chi connectivity index (χ3v) is 12.1. The van der Waals surface area contributed by atoms with Crippen molar-refractivity contribution in [3.8, 4) is 33.4 Å². The number of thiophene rings is 1. The quantitative estimate of drug-likeness (QED) is 0.170. The number of anilines is 3. The molecule has 0 aliphatic carbocycles. The van der Waals surface area contributed by atoms with Gasteiger partial charge in [0.15, 0.2) is 0 Å². The van der Waals surface area contributed by atoms with E-state index in [-0.39, 0.29) is 0 Å². The van der Waals surface area contributed by atoms with E-state index in [0.29, 0.717) is 0 Å². The van der Waals surface area contributed by atoms with Crippen molar-refractivity contribution in [2.24, 2.45) is 0 Å². The fourth-order valence-electron chi connectivity index (χ4n) is 8.22. The monoisotopic (exact) mass is 719 g/mol. The van der Waals surface area contributed by atoms with E-state index in [1.807, 2.05) is 23.5 Å². The highest BCUT2D eigenvalue weighted by molar-refractivity contribution is 7.27. The van der Waals surface area contributed by atoms with Crippen molar-refractivity contribution in [2.75, 3.05) is 4.90 Å². The summed E-state index contributed by atoms with van der Waals surface area (Å²) < 4.78 is 8.83. The second kappa shape index (κ2) is 12.9. The van der Waals surface area contributed by atoms with Crippen LogP contribution in [0.15, 0.2) is 205 Å². The largest absolute Gasteiger partial charge is 0.456 e. The third kappa shape index (κ3) is 5.32. The summed E-state index contributed by atoms with van der Waals surface area (Å²) in [4.78, 5) is 2.42. The van der Waals surface area contributed by atoms with E-state index >= 15 is 0 Å². The summed E-state index contributed by atoms with van der Waals surface area (Å²) in [6.45, 7) is 0. The van der Waals surface area contributed by atoms with Gasteiger partial charge in [-0.1, -0.05) is 152 Å². The minimum Gasteiger partial charge on any atom is -0.456 e. The van der Waals surface area contributed by atoms with Crippen LogP contribution in [0.5, 0.6) is 0 Å². The maximum atomic E-state index is 6.30. The van der Waals surface area contributed by atoms with Gasteiger partial charge in [-0.2, -0.15) is 0 Å². The molecule has 2 nitrogen and oxygen atoms in total. The highest BCUT2D eigenvalue weighted by atomic mass is 32.1. The van der Waals surface area contributed by atoms with Crippen LogP contribution in [-0.2, 0) is 0 Å². The Morgan fingerprint density at radius 1 is 0.364 bits per heavy atom. The van der Waals surface area contributed by atoms with Crippen LogP contribution in [0.25, 0.3) is 86.3 Å². The molecular formula is C52H33NOS. The summed E-state index contributed by atoms with van der Waals surface area (Å²) in [6, 6.07) is 72.2. The van der Waals surface area contributed by atoms with E-state index in [2.05, 4.69) is 193 Å². The molecule has 0 bridgehead atoms. The molecule has 11 aromatic rings.